The Kier molecular flexibility index (Phi) is 6.16. The lowest BCUT2D eigenvalue weighted by atomic mass is 10.3. The highest BCUT2D eigenvalue weighted by molar-refractivity contribution is 7.92. The molecule has 0 fully saturated rings. The fourth-order valence-electron chi connectivity index (χ4n) is 1.78. The number of nitrogens with one attached hydrogen (secondary N) is 1. The Morgan fingerprint density at radius 2 is 1.76 bits per heavy atom. The van der Waals surface area contributed by atoms with E-state index in [1.54, 1.807) is 26.2 Å². The van der Waals surface area contributed by atoms with Crippen molar-refractivity contribution >= 4 is 44.8 Å². The predicted octanol–water partition coefficient (Wildman–Crippen LogP) is 3.26. The first kappa shape index (κ1) is 19.4. The zero-order valence-electron chi connectivity index (χ0n) is 13.5. The average Bonchev–Trinajstić information content (AvgIpc) is 2.57. The number of hydrogen-bond acceptors (Lipinski definition) is 4. The fraction of sp³-hybridized carbons (Fsp3) is 0.188. The fourth-order valence-corrected chi connectivity index (χ4v) is 3.25. The number of rotatable bonds is 6. The Morgan fingerprint density at radius 1 is 1.12 bits per heavy atom. The van der Waals surface area contributed by atoms with Crippen LogP contribution in [0.2, 0.25) is 10.0 Å². The molecule has 6 nitrogen and oxygen atoms in total. The summed E-state index contributed by atoms with van der Waals surface area (Å²) in [6, 6.07) is 10.3. The van der Waals surface area contributed by atoms with Crippen LogP contribution in [-0.4, -0.2) is 39.9 Å². The molecule has 2 aromatic carbocycles. The molecular formula is C16H16Cl2N2O4S. The van der Waals surface area contributed by atoms with Crippen molar-refractivity contribution in [3.63, 3.8) is 0 Å². The number of amides is 1. The number of nitrogens with zero attached hydrogens (tertiary/aromatic N) is 1. The summed E-state index contributed by atoms with van der Waals surface area (Å²) in [5.74, 6) is 0.184. The van der Waals surface area contributed by atoms with Crippen molar-refractivity contribution in [1.82, 2.24) is 4.90 Å². The lowest BCUT2D eigenvalue weighted by Gasteiger charge is -2.12. The molecule has 134 valence electrons. The largest absolute Gasteiger partial charge is 0.484 e. The van der Waals surface area contributed by atoms with Gasteiger partial charge < -0.3 is 9.64 Å². The highest BCUT2D eigenvalue weighted by atomic mass is 35.5. The Balaban J connectivity index is 2.12. The van der Waals surface area contributed by atoms with Crippen LogP contribution in [0, 0.1) is 0 Å². The van der Waals surface area contributed by atoms with Gasteiger partial charge in [-0.3, -0.25) is 9.52 Å². The summed E-state index contributed by atoms with van der Waals surface area (Å²) in [5.41, 5.74) is 0.186. The van der Waals surface area contributed by atoms with Gasteiger partial charge in [-0.25, -0.2) is 8.42 Å². The number of ether oxygens (including phenoxy) is 1. The molecule has 0 saturated carbocycles. The smallest absolute Gasteiger partial charge is 0.261 e. The van der Waals surface area contributed by atoms with E-state index in [0.29, 0.717) is 5.75 Å². The van der Waals surface area contributed by atoms with E-state index >= 15 is 0 Å². The summed E-state index contributed by atoms with van der Waals surface area (Å²) in [7, 11) is -0.600. The van der Waals surface area contributed by atoms with Gasteiger partial charge in [-0.1, -0.05) is 29.3 Å². The summed E-state index contributed by atoms with van der Waals surface area (Å²) in [4.78, 5) is 12.9. The molecule has 0 aliphatic rings. The van der Waals surface area contributed by atoms with Crippen molar-refractivity contribution in [3.8, 4) is 5.75 Å². The van der Waals surface area contributed by atoms with Gasteiger partial charge in [-0.15, -0.1) is 0 Å². The van der Waals surface area contributed by atoms with Crippen molar-refractivity contribution in [1.29, 1.82) is 0 Å². The molecule has 0 saturated heterocycles. The van der Waals surface area contributed by atoms with Crippen LogP contribution in [0.3, 0.4) is 0 Å². The number of carbonyl (C=O) groups excluding carboxylic acids is 1. The minimum absolute atomic E-state index is 0.0230. The zero-order valence-corrected chi connectivity index (χ0v) is 15.8. The normalized spacial score (nSPS) is 11.0. The number of halogens is 2. The maximum absolute atomic E-state index is 12.4. The van der Waals surface area contributed by atoms with Gasteiger partial charge in [0.2, 0.25) is 0 Å². The molecule has 0 spiro atoms. The third-order valence-corrected chi connectivity index (χ3v) is 5.39. The van der Waals surface area contributed by atoms with Gasteiger partial charge in [0.25, 0.3) is 15.9 Å². The molecule has 0 atom stereocenters. The predicted molar refractivity (Wildman–Crippen MR) is 97.9 cm³/mol. The summed E-state index contributed by atoms with van der Waals surface area (Å²) >= 11 is 11.9. The lowest BCUT2D eigenvalue weighted by molar-refractivity contribution is -0.130. The van der Waals surface area contributed by atoms with Gasteiger partial charge >= 0.3 is 0 Å². The minimum atomic E-state index is -3.84. The van der Waals surface area contributed by atoms with Crippen LogP contribution in [-0.2, 0) is 14.8 Å². The molecule has 1 amide bonds. The van der Waals surface area contributed by atoms with E-state index in [1.807, 2.05) is 0 Å². The highest BCUT2D eigenvalue weighted by Crippen LogP contribution is 2.31. The molecule has 0 radical (unpaired) electrons. The van der Waals surface area contributed by atoms with E-state index in [9.17, 15) is 13.2 Å². The summed E-state index contributed by atoms with van der Waals surface area (Å²) in [5, 5.41) is 0.367. The molecule has 2 rings (SSSR count). The first-order valence-corrected chi connectivity index (χ1v) is 9.34. The zero-order chi connectivity index (χ0) is 18.6. The molecule has 0 heterocycles. The van der Waals surface area contributed by atoms with Crippen molar-refractivity contribution in [2.75, 3.05) is 25.4 Å². The topological polar surface area (TPSA) is 75.7 Å². The van der Waals surface area contributed by atoms with Crippen LogP contribution >= 0.6 is 23.2 Å². The van der Waals surface area contributed by atoms with Crippen LogP contribution in [0.1, 0.15) is 0 Å². The van der Waals surface area contributed by atoms with E-state index in [-0.39, 0.29) is 33.1 Å². The molecular weight excluding hydrogens is 387 g/mol. The Hall–Kier alpha value is -1.96. The summed E-state index contributed by atoms with van der Waals surface area (Å²) in [6.07, 6.45) is 0. The third kappa shape index (κ3) is 5.01. The SMILES string of the molecule is CN(C)C(=O)COc1ccc(S(=O)(=O)Nc2cccc(Cl)c2Cl)cc1. The van der Waals surface area contributed by atoms with Crippen molar-refractivity contribution in [2.24, 2.45) is 0 Å². The molecule has 0 unspecified atom stereocenters. The van der Waals surface area contributed by atoms with E-state index in [2.05, 4.69) is 4.72 Å². The Labute approximate surface area is 156 Å². The number of hydrogen-bond donors (Lipinski definition) is 1. The molecule has 2 aromatic rings. The monoisotopic (exact) mass is 402 g/mol. The lowest BCUT2D eigenvalue weighted by Crippen LogP contribution is -2.27. The third-order valence-electron chi connectivity index (χ3n) is 3.19. The van der Waals surface area contributed by atoms with Crippen molar-refractivity contribution in [3.05, 3.63) is 52.5 Å². The second-order valence-electron chi connectivity index (χ2n) is 5.26. The van der Waals surface area contributed by atoms with Gasteiger partial charge in [0, 0.05) is 14.1 Å². The van der Waals surface area contributed by atoms with Crippen molar-refractivity contribution < 1.29 is 17.9 Å². The van der Waals surface area contributed by atoms with Crippen molar-refractivity contribution in [2.45, 2.75) is 4.90 Å². The van der Waals surface area contributed by atoms with E-state index < -0.39 is 10.0 Å². The van der Waals surface area contributed by atoms with Gasteiger partial charge in [0.15, 0.2) is 6.61 Å². The average molecular weight is 403 g/mol. The molecule has 25 heavy (non-hydrogen) atoms. The van der Waals surface area contributed by atoms with E-state index in [0.717, 1.165) is 0 Å². The Bertz CT molecular complexity index is 868. The second kappa shape index (κ2) is 7.95. The number of likely N-dealkylation sites (N-methyl/N-ethyl adjacent to an activating group) is 1. The van der Waals surface area contributed by atoms with Gasteiger partial charge in [0.05, 0.1) is 20.6 Å². The number of carbonyl (C=O) groups is 1. The molecule has 0 aliphatic carbocycles. The summed E-state index contributed by atoms with van der Waals surface area (Å²) in [6.45, 7) is -0.129. The highest BCUT2D eigenvalue weighted by Gasteiger charge is 2.17. The van der Waals surface area contributed by atoms with Gasteiger partial charge in [-0.2, -0.15) is 0 Å². The van der Waals surface area contributed by atoms with Crippen LogP contribution in [0.25, 0.3) is 0 Å². The van der Waals surface area contributed by atoms with Gasteiger partial charge in [0.1, 0.15) is 5.75 Å². The second-order valence-corrected chi connectivity index (χ2v) is 7.72. The molecule has 0 aliphatic heterocycles. The Morgan fingerprint density at radius 3 is 2.36 bits per heavy atom. The number of sulfonamides is 1. The first-order chi connectivity index (χ1) is 11.7. The molecule has 0 aromatic heterocycles. The van der Waals surface area contributed by atoms with Crippen LogP contribution < -0.4 is 9.46 Å². The maximum Gasteiger partial charge on any atom is 0.261 e. The first-order valence-electron chi connectivity index (χ1n) is 7.10. The van der Waals surface area contributed by atoms with Crippen LogP contribution in [0.5, 0.6) is 5.75 Å². The van der Waals surface area contributed by atoms with E-state index in [1.165, 1.54) is 35.2 Å². The standard InChI is InChI=1S/C16H16Cl2N2O4S/c1-20(2)15(21)10-24-11-6-8-12(9-7-11)25(22,23)19-14-5-3-4-13(17)16(14)18/h3-9,19H,10H2,1-2H3. The maximum atomic E-state index is 12.4. The van der Waals surface area contributed by atoms with Crippen LogP contribution in [0.15, 0.2) is 47.4 Å². The minimum Gasteiger partial charge on any atom is -0.484 e. The summed E-state index contributed by atoms with van der Waals surface area (Å²) < 4.78 is 32.5. The van der Waals surface area contributed by atoms with Crippen LogP contribution in [0.4, 0.5) is 5.69 Å². The number of anilines is 1. The molecule has 1 N–H and O–H groups in total. The van der Waals surface area contributed by atoms with Gasteiger partial charge in [-0.05, 0) is 36.4 Å². The quantitative estimate of drug-likeness (QED) is 0.804. The molecule has 9 heteroatoms. The number of benzene rings is 2. The molecule has 0 bridgehead atoms. The van der Waals surface area contributed by atoms with E-state index in [4.69, 9.17) is 27.9 Å².